The van der Waals surface area contributed by atoms with Crippen molar-refractivity contribution in [1.82, 2.24) is 9.80 Å². The lowest BCUT2D eigenvalue weighted by Crippen LogP contribution is -2.43. The van der Waals surface area contributed by atoms with Gasteiger partial charge in [0.05, 0.1) is 5.92 Å². The molecule has 0 aliphatic carbocycles. The van der Waals surface area contributed by atoms with Crippen molar-refractivity contribution >= 4 is 5.91 Å². The Hall–Kier alpha value is -1.39. The predicted molar refractivity (Wildman–Crippen MR) is 84.0 cm³/mol. The lowest BCUT2D eigenvalue weighted by molar-refractivity contribution is -0.133. The van der Waals surface area contributed by atoms with E-state index in [-0.39, 0.29) is 11.8 Å². The van der Waals surface area contributed by atoms with E-state index in [1.165, 1.54) is 12.8 Å². The largest absolute Gasteiger partial charge is 0.340 e. The van der Waals surface area contributed by atoms with Gasteiger partial charge in [0.15, 0.2) is 0 Å². The minimum Gasteiger partial charge on any atom is -0.340 e. The second kappa shape index (κ2) is 6.16. The van der Waals surface area contributed by atoms with Crippen molar-refractivity contribution < 1.29 is 4.79 Å². The van der Waals surface area contributed by atoms with E-state index < -0.39 is 0 Å². The van der Waals surface area contributed by atoms with Crippen molar-refractivity contribution in [2.24, 2.45) is 5.73 Å². The van der Waals surface area contributed by atoms with Crippen LogP contribution in [0.25, 0.3) is 0 Å². The third kappa shape index (κ3) is 2.83. The summed E-state index contributed by atoms with van der Waals surface area (Å²) in [5.74, 6) is -0.00205. The smallest absolute Gasteiger partial charge is 0.231 e. The molecule has 1 aromatic carbocycles. The highest BCUT2D eigenvalue weighted by Gasteiger charge is 2.37. The van der Waals surface area contributed by atoms with Crippen molar-refractivity contribution in [3.05, 3.63) is 35.9 Å². The molecule has 0 radical (unpaired) electrons. The number of fused-ring (bicyclic) bond motifs is 2. The summed E-state index contributed by atoms with van der Waals surface area (Å²) in [6.07, 6.45) is 3.58. The van der Waals surface area contributed by atoms with Crippen LogP contribution in [0.15, 0.2) is 30.3 Å². The fourth-order valence-electron chi connectivity index (χ4n) is 3.79. The molecule has 3 unspecified atom stereocenters. The highest BCUT2D eigenvalue weighted by Crippen LogP contribution is 2.29. The van der Waals surface area contributed by atoms with Crippen LogP contribution in [-0.4, -0.2) is 54.5 Å². The van der Waals surface area contributed by atoms with E-state index in [2.05, 4.69) is 11.9 Å². The van der Waals surface area contributed by atoms with Gasteiger partial charge < -0.3 is 10.6 Å². The monoisotopic (exact) mass is 287 g/mol. The zero-order valence-electron chi connectivity index (χ0n) is 12.7. The van der Waals surface area contributed by atoms with Crippen LogP contribution in [0.2, 0.25) is 0 Å². The maximum Gasteiger partial charge on any atom is 0.231 e. The molecule has 2 aliphatic rings. The van der Waals surface area contributed by atoms with Gasteiger partial charge in [0.25, 0.3) is 0 Å². The van der Waals surface area contributed by atoms with Gasteiger partial charge in [-0.2, -0.15) is 0 Å². The number of amides is 1. The Balaban J connectivity index is 1.75. The number of rotatable bonds is 3. The van der Waals surface area contributed by atoms with E-state index in [4.69, 9.17) is 5.73 Å². The molecule has 2 fully saturated rings. The normalized spacial score (nSPS) is 27.4. The number of nitrogens with two attached hydrogens (primary N) is 1. The number of likely N-dealkylation sites (tertiary alicyclic amines) is 1. The second-order valence-corrected chi connectivity index (χ2v) is 6.32. The number of carbonyl (C=O) groups is 1. The second-order valence-electron chi connectivity index (χ2n) is 6.32. The van der Waals surface area contributed by atoms with Gasteiger partial charge in [-0.1, -0.05) is 30.3 Å². The molecule has 3 atom stereocenters. The molecule has 4 heteroatoms. The third-order valence-electron chi connectivity index (χ3n) is 5.20. The summed E-state index contributed by atoms with van der Waals surface area (Å²) < 4.78 is 0. The van der Waals surface area contributed by atoms with Crippen LogP contribution in [0.5, 0.6) is 0 Å². The van der Waals surface area contributed by atoms with Gasteiger partial charge in [-0.05, 0) is 31.9 Å². The van der Waals surface area contributed by atoms with E-state index in [9.17, 15) is 4.79 Å². The van der Waals surface area contributed by atoms with Gasteiger partial charge in [-0.3, -0.25) is 9.69 Å². The SMILES string of the molecule is CN1C2CCC1CN(C(=O)C(CN)c1ccccc1)CC2. The molecule has 1 amide bonds. The molecule has 0 saturated carbocycles. The fourth-order valence-corrected chi connectivity index (χ4v) is 3.79. The van der Waals surface area contributed by atoms with Gasteiger partial charge in [0.2, 0.25) is 5.91 Å². The lowest BCUT2D eigenvalue weighted by atomic mass is 9.97. The van der Waals surface area contributed by atoms with Gasteiger partial charge >= 0.3 is 0 Å². The first-order valence-electron chi connectivity index (χ1n) is 7.96. The molecular weight excluding hydrogens is 262 g/mol. The highest BCUT2D eigenvalue weighted by atomic mass is 16.2. The van der Waals surface area contributed by atoms with Crippen LogP contribution in [0.4, 0.5) is 0 Å². The number of hydrogen-bond acceptors (Lipinski definition) is 3. The molecular formula is C17H25N3O. The summed E-state index contributed by atoms with van der Waals surface area (Å²) in [5.41, 5.74) is 6.93. The zero-order valence-corrected chi connectivity index (χ0v) is 12.7. The topological polar surface area (TPSA) is 49.6 Å². The first kappa shape index (κ1) is 14.5. The molecule has 0 aromatic heterocycles. The number of benzene rings is 1. The van der Waals surface area contributed by atoms with Crippen molar-refractivity contribution in [3.8, 4) is 0 Å². The van der Waals surface area contributed by atoms with Crippen LogP contribution in [-0.2, 0) is 4.79 Å². The Labute approximate surface area is 126 Å². The summed E-state index contributed by atoms with van der Waals surface area (Å²) in [4.78, 5) is 17.4. The quantitative estimate of drug-likeness (QED) is 0.915. The van der Waals surface area contributed by atoms with Crippen LogP contribution < -0.4 is 5.73 Å². The Bertz CT molecular complexity index is 490. The van der Waals surface area contributed by atoms with Gasteiger partial charge in [0.1, 0.15) is 0 Å². The molecule has 114 valence electrons. The Morgan fingerprint density at radius 1 is 1.24 bits per heavy atom. The van der Waals surface area contributed by atoms with E-state index in [0.29, 0.717) is 18.6 Å². The highest BCUT2D eigenvalue weighted by molar-refractivity contribution is 5.84. The molecule has 21 heavy (non-hydrogen) atoms. The summed E-state index contributed by atoms with van der Waals surface area (Å²) in [6, 6.07) is 11.1. The third-order valence-corrected chi connectivity index (χ3v) is 5.20. The minimum absolute atomic E-state index is 0.199. The van der Waals surface area contributed by atoms with Crippen LogP contribution in [0.1, 0.15) is 30.7 Å². The van der Waals surface area contributed by atoms with E-state index >= 15 is 0 Å². The number of likely N-dealkylation sites (N-methyl/N-ethyl adjacent to an activating group) is 1. The van der Waals surface area contributed by atoms with Crippen molar-refractivity contribution in [2.75, 3.05) is 26.7 Å². The van der Waals surface area contributed by atoms with Crippen LogP contribution >= 0.6 is 0 Å². The maximum atomic E-state index is 12.9. The summed E-state index contributed by atoms with van der Waals surface area (Å²) in [7, 11) is 2.20. The average molecular weight is 287 g/mol. The van der Waals surface area contributed by atoms with Crippen LogP contribution in [0.3, 0.4) is 0 Å². The Morgan fingerprint density at radius 3 is 2.67 bits per heavy atom. The molecule has 3 rings (SSSR count). The molecule has 0 spiro atoms. The number of carbonyl (C=O) groups excluding carboxylic acids is 1. The summed E-state index contributed by atoms with van der Waals surface area (Å²) >= 11 is 0. The predicted octanol–water partition coefficient (Wildman–Crippen LogP) is 1.42. The molecule has 1 aromatic rings. The number of nitrogens with zero attached hydrogens (tertiary/aromatic N) is 2. The zero-order chi connectivity index (χ0) is 14.8. The van der Waals surface area contributed by atoms with E-state index in [0.717, 1.165) is 25.1 Å². The molecule has 2 N–H and O–H groups in total. The Morgan fingerprint density at radius 2 is 1.95 bits per heavy atom. The minimum atomic E-state index is -0.201. The summed E-state index contributed by atoms with van der Waals surface area (Å²) in [5, 5.41) is 0. The van der Waals surface area contributed by atoms with Gasteiger partial charge in [0, 0.05) is 31.7 Å². The van der Waals surface area contributed by atoms with Crippen molar-refractivity contribution in [1.29, 1.82) is 0 Å². The molecule has 2 aliphatic heterocycles. The molecule has 2 saturated heterocycles. The lowest BCUT2D eigenvalue weighted by Gasteiger charge is -2.29. The summed E-state index contributed by atoms with van der Waals surface area (Å²) in [6.45, 7) is 2.10. The molecule has 4 nitrogen and oxygen atoms in total. The van der Waals surface area contributed by atoms with E-state index in [1.807, 2.05) is 35.2 Å². The number of hydrogen-bond donors (Lipinski definition) is 1. The standard InChI is InChI=1S/C17H25N3O/c1-19-14-7-8-15(19)12-20(10-9-14)17(21)16(11-18)13-5-3-2-4-6-13/h2-6,14-16H,7-12,18H2,1H3. The van der Waals surface area contributed by atoms with E-state index in [1.54, 1.807) is 0 Å². The van der Waals surface area contributed by atoms with Gasteiger partial charge in [-0.25, -0.2) is 0 Å². The van der Waals surface area contributed by atoms with Crippen LogP contribution in [0, 0.1) is 0 Å². The van der Waals surface area contributed by atoms with Crippen molar-refractivity contribution in [3.63, 3.8) is 0 Å². The Kier molecular flexibility index (Phi) is 4.27. The maximum absolute atomic E-state index is 12.9. The average Bonchev–Trinajstić information content (AvgIpc) is 2.74. The first-order chi connectivity index (χ1) is 10.2. The molecule has 2 heterocycles. The fraction of sp³-hybridized carbons (Fsp3) is 0.588. The van der Waals surface area contributed by atoms with Crippen molar-refractivity contribution in [2.45, 2.75) is 37.3 Å². The van der Waals surface area contributed by atoms with Gasteiger partial charge in [-0.15, -0.1) is 0 Å². The molecule has 2 bridgehead atoms. The first-order valence-corrected chi connectivity index (χ1v) is 7.96.